The summed E-state index contributed by atoms with van der Waals surface area (Å²) >= 11 is 0. The van der Waals surface area contributed by atoms with Crippen LogP contribution in [0, 0.1) is 5.82 Å². The molecular formula is C23H15FO5. The molecule has 29 heavy (non-hydrogen) atoms. The number of benzene rings is 3. The zero-order chi connectivity index (χ0) is 20.7. The molecule has 1 heterocycles. The van der Waals surface area contributed by atoms with Crippen molar-refractivity contribution >= 4 is 28.7 Å². The Hall–Kier alpha value is -3.54. The van der Waals surface area contributed by atoms with Crippen LogP contribution in [-0.2, 0) is 14.9 Å². The summed E-state index contributed by atoms with van der Waals surface area (Å²) in [6.45, 7) is 5.25. The molecule has 6 heteroatoms. The van der Waals surface area contributed by atoms with Gasteiger partial charge in [0.05, 0.1) is 11.1 Å². The first-order valence-electron chi connectivity index (χ1n) is 9.09. The lowest BCUT2D eigenvalue weighted by molar-refractivity contribution is -0.131. The van der Waals surface area contributed by atoms with Gasteiger partial charge in [-0.15, -0.1) is 0 Å². The zero-order valence-corrected chi connectivity index (χ0v) is 15.9. The summed E-state index contributed by atoms with van der Waals surface area (Å²) in [4.78, 5) is 36.2. The third-order valence-electron chi connectivity index (χ3n) is 5.73. The summed E-state index contributed by atoms with van der Waals surface area (Å²) < 4.78 is 24.2. The Morgan fingerprint density at radius 3 is 2.41 bits per heavy atom. The van der Waals surface area contributed by atoms with E-state index >= 15 is 0 Å². The third-order valence-corrected chi connectivity index (χ3v) is 5.73. The predicted molar refractivity (Wildman–Crippen MR) is 103 cm³/mol. The van der Waals surface area contributed by atoms with E-state index in [2.05, 4.69) is 0 Å². The van der Waals surface area contributed by atoms with E-state index in [0.717, 1.165) is 16.7 Å². The fourth-order valence-corrected chi connectivity index (χ4v) is 4.47. The van der Waals surface area contributed by atoms with Gasteiger partial charge < -0.3 is 9.47 Å². The van der Waals surface area contributed by atoms with Gasteiger partial charge in [-0.05, 0) is 46.3 Å². The van der Waals surface area contributed by atoms with Gasteiger partial charge in [-0.3, -0.25) is 4.79 Å². The second-order valence-corrected chi connectivity index (χ2v) is 7.79. The maximum Gasteiger partial charge on any atom is 0.347 e. The highest BCUT2D eigenvalue weighted by Crippen LogP contribution is 2.55. The lowest BCUT2D eigenvalue weighted by Crippen LogP contribution is -2.16. The second kappa shape index (κ2) is 5.50. The Morgan fingerprint density at radius 1 is 0.931 bits per heavy atom. The van der Waals surface area contributed by atoms with E-state index in [1.54, 1.807) is 18.2 Å². The van der Waals surface area contributed by atoms with Gasteiger partial charge in [-0.2, -0.15) is 0 Å². The highest BCUT2D eigenvalue weighted by molar-refractivity contribution is 6.21. The van der Waals surface area contributed by atoms with Crippen molar-refractivity contribution in [3.8, 4) is 16.9 Å². The number of rotatable bonds is 1. The highest BCUT2D eigenvalue weighted by Gasteiger charge is 2.44. The van der Waals surface area contributed by atoms with E-state index in [9.17, 15) is 18.8 Å². The standard InChI is InChI=1S/C23H15FO5/c1-10(25)28-17-9-16-18(12-5-4-11(24)8-14(12)17)20-15(23(16,2)3)7-6-13-19(20)22(27)29-21(13)26/h4-9H,1-3H3. The van der Waals surface area contributed by atoms with Crippen LogP contribution in [0.4, 0.5) is 4.39 Å². The number of halogens is 1. The van der Waals surface area contributed by atoms with Gasteiger partial charge in [0, 0.05) is 23.3 Å². The van der Waals surface area contributed by atoms with Crippen LogP contribution >= 0.6 is 0 Å². The van der Waals surface area contributed by atoms with Crippen molar-refractivity contribution in [1.29, 1.82) is 0 Å². The number of fused-ring (bicyclic) bond motifs is 7. The van der Waals surface area contributed by atoms with E-state index < -0.39 is 29.1 Å². The van der Waals surface area contributed by atoms with Crippen molar-refractivity contribution in [1.82, 2.24) is 0 Å². The minimum absolute atomic E-state index is 0.219. The number of carbonyl (C=O) groups excluding carboxylic acids is 3. The van der Waals surface area contributed by atoms with Gasteiger partial charge in [0.15, 0.2) is 0 Å². The zero-order valence-electron chi connectivity index (χ0n) is 15.9. The van der Waals surface area contributed by atoms with Crippen LogP contribution in [0.25, 0.3) is 21.9 Å². The maximum atomic E-state index is 14.0. The van der Waals surface area contributed by atoms with Crippen molar-refractivity contribution in [2.75, 3.05) is 0 Å². The monoisotopic (exact) mass is 390 g/mol. The quantitative estimate of drug-likeness (QED) is 0.347. The highest BCUT2D eigenvalue weighted by atomic mass is 19.1. The van der Waals surface area contributed by atoms with Gasteiger partial charge in [0.25, 0.3) is 0 Å². The summed E-state index contributed by atoms with van der Waals surface area (Å²) in [5.74, 6) is -2.10. The van der Waals surface area contributed by atoms with Crippen molar-refractivity contribution in [2.45, 2.75) is 26.2 Å². The molecule has 0 spiro atoms. The topological polar surface area (TPSA) is 69.7 Å². The molecule has 0 amide bonds. The molecule has 0 fully saturated rings. The maximum absolute atomic E-state index is 14.0. The Labute approximate surface area is 165 Å². The van der Waals surface area contributed by atoms with Crippen LogP contribution in [0.5, 0.6) is 5.75 Å². The summed E-state index contributed by atoms with van der Waals surface area (Å²) in [5.41, 5.74) is 2.92. The Kier molecular flexibility index (Phi) is 3.33. The van der Waals surface area contributed by atoms with E-state index in [1.165, 1.54) is 19.1 Å². The molecule has 0 aromatic heterocycles. The summed E-state index contributed by atoms with van der Waals surface area (Å²) in [6.07, 6.45) is 0. The molecule has 5 nitrogen and oxygen atoms in total. The van der Waals surface area contributed by atoms with E-state index in [0.29, 0.717) is 16.3 Å². The Bertz CT molecular complexity index is 1300. The first-order valence-corrected chi connectivity index (χ1v) is 9.09. The average molecular weight is 390 g/mol. The van der Waals surface area contributed by atoms with Crippen LogP contribution in [0.15, 0.2) is 36.4 Å². The van der Waals surface area contributed by atoms with Crippen LogP contribution < -0.4 is 4.74 Å². The molecule has 3 aromatic rings. The molecule has 144 valence electrons. The number of cyclic esters (lactones) is 2. The summed E-state index contributed by atoms with van der Waals surface area (Å²) in [7, 11) is 0. The number of carbonyl (C=O) groups is 3. The second-order valence-electron chi connectivity index (χ2n) is 7.79. The first kappa shape index (κ1) is 17.6. The molecule has 5 rings (SSSR count). The van der Waals surface area contributed by atoms with Crippen LogP contribution in [0.1, 0.15) is 52.6 Å². The lowest BCUT2D eigenvalue weighted by Gasteiger charge is -2.22. The molecule has 0 unspecified atom stereocenters. The van der Waals surface area contributed by atoms with Crippen molar-refractivity contribution in [3.63, 3.8) is 0 Å². The fourth-order valence-electron chi connectivity index (χ4n) is 4.47. The van der Waals surface area contributed by atoms with Crippen molar-refractivity contribution in [3.05, 3.63) is 64.5 Å². The van der Waals surface area contributed by atoms with Gasteiger partial charge in [-0.1, -0.05) is 26.0 Å². The van der Waals surface area contributed by atoms with E-state index in [-0.39, 0.29) is 16.9 Å². The van der Waals surface area contributed by atoms with Gasteiger partial charge in [0.1, 0.15) is 11.6 Å². The molecule has 3 aromatic carbocycles. The molecule has 1 aliphatic heterocycles. The molecule has 0 saturated heterocycles. The molecule has 1 aliphatic carbocycles. The smallest absolute Gasteiger partial charge is 0.347 e. The SMILES string of the molecule is CC(=O)Oc1cc2c(c3ccc(F)cc13)-c1c(ccc3c1C(=O)OC3=O)C2(C)C. The van der Waals surface area contributed by atoms with Crippen LogP contribution in [-0.4, -0.2) is 17.9 Å². The molecule has 0 saturated carbocycles. The van der Waals surface area contributed by atoms with Gasteiger partial charge in [-0.25, -0.2) is 14.0 Å². The minimum Gasteiger partial charge on any atom is -0.426 e. The van der Waals surface area contributed by atoms with Gasteiger partial charge >= 0.3 is 17.9 Å². The van der Waals surface area contributed by atoms with Gasteiger partial charge in [0.2, 0.25) is 0 Å². The molecule has 0 bridgehead atoms. The first-order chi connectivity index (χ1) is 13.7. The molecule has 0 radical (unpaired) electrons. The summed E-state index contributed by atoms with van der Waals surface area (Å²) in [6, 6.07) is 9.35. The average Bonchev–Trinajstić information content (AvgIpc) is 3.06. The lowest BCUT2D eigenvalue weighted by atomic mass is 9.81. The largest absolute Gasteiger partial charge is 0.426 e. The Morgan fingerprint density at radius 2 is 1.69 bits per heavy atom. The predicted octanol–water partition coefficient (Wildman–Crippen LogP) is 4.52. The normalized spacial score (nSPS) is 15.7. The third kappa shape index (κ3) is 2.23. The number of hydrogen-bond donors (Lipinski definition) is 0. The van der Waals surface area contributed by atoms with Crippen LogP contribution in [0.3, 0.4) is 0 Å². The minimum atomic E-state index is -0.690. The van der Waals surface area contributed by atoms with Crippen molar-refractivity contribution in [2.24, 2.45) is 0 Å². The fraction of sp³-hybridized carbons (Fsp3) is 0.174. The van der Waals surface area contributed by atoms with E-state index in [4.69, 9.17) is 9.47 Å². The van der Waals surface area contributed by atoms with E-state index in [1.807, 2.05) is 19.9 Å². The molecule has 0 N–H and O–H groups in total. The van der Waals surface area contributed by atoms with Crippen molar-refractivity contribution < 1.29 is 28.2 Å². The molecule has 2 aliphatic rings. The molecular weight excluding hydrogens is 375 g/mol. The molecule has 0 atom stereocenters. The summed E-state index contributed by atoms with van der Waals surface area (Å²) in [5, 5.41) is 1.05. The Balaban J connectivity index is 1.96. The number of ether oxygens (including phenoxy) is 2. The number of hydrogen-bond acceptors (Lipinski definition) is 5. The number of esters is 3. The van der Waals surface area contributed by atoms with Crippen LogP contribution in [0.2, 0.25) is 0 Å².